The van der Waals surface area contributed by atoms with Crippen molar-refractivity contribution in [2.24, 2.45) is 0 Å². The largest absolute Gasteiger partial charge is 0.393 e. The molecule has 19 heavy (non-hydrogen) atoms. The average Bonchev–Trinajstić information content (AvgIpc) is 2.59. The Bertz CT molecular complexity index is 399. The summed E-state index contributed by atoms with van der Waals surface area (Å²) in [5.41, 5.74) is 1.95. The van der Waals surface area contributed by atoms with Crippen molar-refractivity contribution in [3.05, 3.63) is 17.0 Å². The van der Waals surface area contributed by atoms with Gasteiger partial charge in [0, 0.05) is 17.4 Å². The van der Waals surface area contributed by atoms with Crippen LogP contribution in [0.15, 0.2) is 4.52 Å². The van der Waals surface area contributed by atoms with Gasteiger partial charge in [-0.15, -0.1) is 11.8 Å². The van der Waals surface area contributed by atoms with Crippen LogP contribution in [0, 0.1) is 13.8 Å². The number of aromatic nitrogens is 1. The van der Waals surface area contributed by atoms with Crippen LogP contribution in [0.25, 0.3) is 0 Å². The number of nitrogens with one attached hydrogen (secondary N) is 1. The highest BCUT2D eigenvalue weighted by Crippen LogP contribution is 2.19. The van der Waals surface area contributed by atoms with Crippen LogP contribution >= 0.6 is 11.8 Å². The first-order valence-electron chi connectivity index (χ1n) is 6.37. The third kappa shape index (κ3) is 5.65. The van der Waals surface area contributed by atoms with Gasteiger partial charge in [0.05, 0.1) is 17.6 Å². The molecule has 5 nitrogen and oxygen atoms in total. The molecule has 0 aromatic carbocycles. The molecular formula is C13H22N2O3S. The lowest BCUT2D eigenvalue weighted by atomic mass is 10.1. The van der Waals surface area contributed by atoms with Gasteiger partial charge in [-0.3, -0.25) is 4.79 Å². The summed E-state index contributed by atoms with van der Waals surface area (Å²) in [5.74, 6) is 1.92. The highest BCUT2D eigenvalue weighted by Gasteiger charge is 2.12. The summed E-state index contributed by atoms with van der Waals surface area (Å²) in [7, 11) is 0. The predicted octanol–water partition coefficient (Wildman–Crippen LogP) is 1.80. The second-order valence-corrected chi connectivity index (χ2v) is 5.83. The molecule has 0 aliphatic heterocycles. The van der Waals surface area contributed by atoms with E-state index in [-0.39, 0.29) is 11.9 Å². The normalized spacial score (nSPS) is 14.2. The Kier molecular flexibility index (Phi) is 6.37. The van der Waals surface area contributed by atoms with Gasteiger partial charge < -0.3 is 14.9 Å². The number of thioether (sulfide) groups is 1. The minimum atomic E-state index is -0.398. The number of amides is 1. The summed E-state index contributed by atoms with van der Waals surface area (Å²) in [4.78, 5) is 11.7. The lowest BCUT2D eigenvalue weighted by Gasteiger charge is -2.15. The second-order valence-electron chi connectivity index (χ2n) is 4.85. The van der Waals surface area contributed by atoms with E-state index >= 15 is 0 Å². The van der Waals surface area contributed by atoms with Crippen molar-refractivity contribution in [2.45, 2.75) is 52.0 Å². The zero-order valence-electron chi connectivity index (χ0n) is 11.9. The van der Waals surface area contributed by atoms with E-state index < -0.39 is 6.10 Å². The molecule has 0 spiro atoms. The summed E-state index contributed by atoms with van der Waals surface area (Å²) in [6.45, 7) is 7.39. The summed E-state index contributed by atoms with van der Waals surface area (Å²) in [5, 5.41) is 16.0. The minimum absolute atomic E-state index is 0.00726. The molecule has 2 unspecified atom stereocenters. The number of carbonyl (C=O) groups is 1. The number of rotatable bonds is 7. The van der Waals surface area contributed by atoms with Gasteiger partial charge in [-0.05, 0) is 34.1 Å². The van der Waals surface area contributed by atoms with Crippen LogP contribution in [-0.4, -0.2) is 34.1 Å². The Morgan fingerprint density at radius 1 is 1.47 bits per heavy atom. The van der Waals surface area contributed by atoms with Crippen molar-refractivity contribution >= 4 is 17.7 Å². The van der Waals surface area contributed by atoms with Crippen LogP contribution < -0.4 is 5.32 Å². The Labute approximate surface area is 118 Å². The van der Waals surface area contributed by atoms with Gasteiger partial charge in [0.2, 0.25) is 5.91 Å². The molecule has 6 heteroatoms. The van der Waals surface area contributed by atoms with Crippen LogP contribution in [-0.2, 0) is 10.5 Å². The van der Waals surface area contributed by atoms with E-state index in [1.165, 1.54) is 11.8 Å². The molecule has 1 aromatic heterocycles. The summed E-state index contributed by atoms with van der Waals surface area (Å²) < 4.78 is 5.07. The molecule has 2 N–H and O–H groups in total. The monoisotopic (exact) mass is 286 g/mol. The molecule has 0 aliphatic rings. The Morgan fingerprint density at radius 3 is 2.68 bits per heavy atom. The zero-order valence-corrected chi connectivity index (χ0v) is 12.7. The van der Waals surface area contributed by atoms with E-state index in [4.69, 9.17) is 4.52 Å². The number of aryl methyl sites for hydroxylation is 2. The molecule has 0 saturated carbocycles. The summed E-state index contributed by atoms with van der Waals surface area (Å²) in [6, 6.07) is -0.00726. The minimum Gasteiger partial charge on any atom is -0.393 e. The average molecular weight is 286 g/mol. The van der Waals surface area contributed by atoms with Crippen LogP contribution in [0.3, 0.4) is 0 Å². The Morgan fingerprint density at radius 2 is 2.16 bits per heavy atom. The first-order valence-corrected chi connectivity index (χ1v) is 7.52. The van der Waals surface area contributed by atoms with Gasteiger partial charge in [-0.25, -0.2) is 0 Å². The van der Waals surface area contributed by atoms with Gasteiger partial charge in [-0.1, -0.05) is 5.16 Å². The maximum absolute atomic E-state index is 11.7. The Balaban J connectivity index is 2.28. The smallest absolute Gasteiger partial charge is 0.230 e. The van der Waals surface area contributed by atoms with Crippen LogP contribution in [0.2, 0.25) is 0 Å². The fourth-order valence-corrected chi connectivity index (χ4v) is 2.83. The lowest BCUT2D eigenvalue weighted by molar-refractivity contribution is -0.119. The van der Waals surface area contributed by atoms with Gasteiger partial charge in [0.15, 0.2) is 0 Å². The topological polar surface area (TPSA) is 75.4 Å². The predicted molar refractivity (Wildman–Crippen MR) is 76.0 cm³/mol. The van der Waals surface area contributed by atoms with E-state index in [9.17, 15) is 9.90 Å². The lowest BCUT2D eigenvalue weighted by Crippen LogP contribution is -2.35. The zero-order chi connectivity index (χ0) is 14.4. The fraction of sp³-hybridized carbons (Fsp3) is 0.692. The standard InChI is InChI=1S/C13H22N2O3S/c1-8(5-9(2)16)14-13(17)7-19-6-12-10(3)15-18-11(12)4/h8-9,16H,5-7H2,1-4H3,(H,14,17). The quantitative estimate of drug-likeness (QED) is 0.799. The number of aliphatic hydroxyl groups excluding tert-OH is 1. The second kappa shape index (κ2) is 7.55. The molecular weight excluding hydrogens is 264 g/mol. The van der Waals surface area contributed by atoms with Crippen molar-refractivity contribution in [1.82, 2.24) is 10.5 Å². The number of carbonyl (C=O) groups excluding carboxylic acids is 1. The van der Waals surface area contributed by atoms with E-state index in [0.29, 0.717) is 12.2 Å². The molecule has 2 atom stereocenters. The molecule has 0 aliphatic carbocycles. The molecule has 0 bridgehead atoms. The summed E-state index contributed by atoms with van der Waals surface area (Å²) in [6.07, 6.45) is 0.172. The molecule has 0 radical (unpaired) electrons. The number of hydrogen-bond donors (Lipinski definition) is 2. The molecule has 1 rings (SSSR count). The SMILES string of the molecule is Cc1noc(C)c1CSCC(=O)NC(C)CC(C)O. The number of hydrogen-bond acceptors (Lipinski definition) is 5. The first kappa shape index (κ1) is 16.0. The molecule has 108 valence electrons. The molecule has 1 amide bonds. The highest BCUT2D eigenvalue weighted by molar-refractivity contribution is 7.99. The van der Waals surface area contributed by atoms with E-state index in [2.05, 4.69) is 10.5 Å². The van der Waals surface area contributed by atoms with Crippen LogP contribution in [0.5, 0.6) is 0 Å². The van der Waals surface area contributed by atoms with Crippen LogP contribution in [0.4, 0.5) is 0 Å². The Hall–Kier alpha value is -1.01. The van der Waals surface area contributed by atoms with Crippen molar-refractivity contribution in [1.29, 1.82) is 0 Å². The van der Waals surface area contributed by atoms with Crippen molar-refractivity contribution in [2.75, 3.05) is 5.75 Å². The van der Waals surface area contributed by atoms with E-state index in [1.54, 1.807) is 6.92 Å². The van der Waals surface area contributed by atoms with Crippen LogP contribution in [0.1, 0.15) is 37.3 Å². The first-order chi connectivity index (χ1) is 8.90. The van der Waals surface area contributed by atoms with Crippen molar-refractivity contribution in [3.8, 4) is 0 Å². The van der Waals surface area contributed by atoms with Gasteiger partial charge in [-0.2, -0.15) is 0 Å². The third-order valence-corrected chi connectivity index (χ3v) is 3.72. The van der Waals surface area contributed by atoms with Crippen molar-refractivity contribution in [3.63, 3.8) is 0 Å². The fourth-order valence-electron chi connectivity index (χ4n) is 1.84. The number of aliphatic hydroxyl groups is 1. The molecule has 0 saturated heterocycles. The van der Waals surface area contributed by atoms with Gasteiger partial charge in [0.1, 0.15) is 5.76 Å². The van der Waals surface area contributed by atoms with Gasteiger partial charge in [0.25, 0.3) is 0 Å². The highest BCUT2D eigenvalue weighted by atomic mass is 32.2. The maximum atomic E-state index is 11.7. The number of nitrogens with zero attached hydrogens (tertiary/aromatic N) is 1. The van der Waals surface area contributed by atoms with Crippen molar-refractivity contribution < 1.29 is 14.4 Å². The van der Waals surface area contributed by atoms with E-state index in [0.717, 1.165) is 22.8 Å². The third-order valence-electron chi connectivity index (χ3n) is 2.76. The summed E-state index contributed by atoms with van der Waals surface area (Å²) >= 11 is 1.53. The van der Waals surface area contributed by atoms with E-state index in [1.807, 2.05) is 20.8 Å². The van der Waals surface area contributed by atoms with Gasteiger partial charge >= 0.3 is 0 Å². The maximum Gasteiger partial charge on any atom is 0.230 e. The molecule has 1 aromatic rings. The molecule has 1 heterocycles. The molecule has 0 fully saturated rings.